The Hall–Kier alpha value is -2.87. The first-order valence-electron chi connectivity index (χ1n) is 5.73. The summed E-state index contributed by atoms with van der Waals surface area (Å²) in [5, 5.41) is 20.9. The second-order valence-corrected chi connectivity index (χ2v) is 5.42. The van der Waals surface area contributed by atoms with Crippen LogP contribution in [0.25, 0.3) is 10.8 Å². The van der Waals surface area contributed by atoms with Crippen LogP contribution in [0.2, 0.25) is 0 Å². The van der Waals surface area contributed by atoms with E-state index in [-0.39, 0.29) is 16.2 Å². The minimum atomic E-state index is -4.48. The molecular formula is C14H9N3O3S. The van der Waals surface area contributed by atoms with Gasteiger partial charge in [0.15, 0.2) is 0 Å². The Morgan fingerprint density at radius 1 is 1.14 bits per heavy atom. The van der Waals surface area contributed by atoms with Gasteiger partial charge in [-0.25, -0.2) is 0 Å². The molecule has 0 saturated heterocycles. The van der Waals surface area contributed by atoms with E-state index in [1.54, 1.807) is 42.5 Å². The minimum Gasteiger partial charge on any atom is -0.359 e. The van der Waals surface area contributed by atoms with E-state index in [0.29, 0.717) is 10.8 Å². The van der Waals surface area contributed by atoms with Crippen LogP contribution in [0, 0.1) is 22.7 Å². The van der Waals surface area contributed by atoms with Crippen LogP contribution < -0.4 is 5.32 Å². The molecule has 2 aromatic carbocycles. The summed E-state index contributed by atoms with van der Waals surface area (Å²) in [5.41, 5.74) is -0.136. The van der Waals surface area contributed by atoms with Crippen molar-refractivity contribution in [3.8, 4) is 12.1 Å². The first-order valence-corrected chi connectivity index (χ1v) is 7.17. The zero-order valence-electron chi connectivity index (χ0n) is 10.6. The van der Waals surface area contributed by atoms with Gasteiger partial charge in [0.2, 0.25) is 0 Å². The Morgan fingerprint density at radius 2 is 1.81 bits per heavy atom. The lowest BCUT2D eigenvalue weighted by molar-refractivity contribution is 0.484. The molecule has 104 valence electrons. The van der Waals surface area contributed by atoms with E-state index >= 15 is 0 Å². The molecule has 0 unspecified atom stereocenters. The highest BCUT2D eigenvalue weighted by molar-refractivity contribution is 7.86. The maximum Gasteiger partial charge on any atom is 0.297 e. The van der Waals surface area contributed by atoms with Gasteiger partial charge >= 0.3 is 0 Å². The van der Waals surface area contributed by atoms with Crippen molar-refractivity contribution >= 4 is 26.6 Å². The summed E-state index contributed by atoms with van der Waals surface area (Å²) in [6, 6.07) is 13.1. The van der Waals surface area contributed by atoms with Crippen molar-refractivity contribution in [1.29, 1.82) is 10.5 Å². The number of allylic oxidation sites excluding steroid dienone is 1. The summed E-state index contributed by atoms with van der Waals surface area (Å²) < 4.78 is 32.7. The predicted octanol–water partition coefficient (Wildman–Crippen LogP) is 2.43. The van der Waals surface area contributed by atoms with E-state index in [2.05, 4.69) is 5.32 Å². The Bertz CT molecular complexity index is 903. The molecule has 7 heteroatoms. The molecule has 2 aromatic rings. The third-order valence-corrected chi connectivity index (χ3v) is 3.71. The van der Waals surface area contributed by atoms with Gasteiger partial charge in [-0.05, 0) is 11.5 Å². The fourth-order valence-corrected chi connectivity index (χ4v) is 2.74. The lowest BCUT2D eigenvalue weighted by Gasteiger charge is -2.10. The van der Waals surface area contributed by atoms with Crippen LogP contribution in [0.3, 0.4) is 0 Å². The van der Waals surface area contributed by atoms with Crippen molar-refractivity contribution < 1.29 is 13.0 Å². The molecule has 2 rings (SSSR count). The molecule has 0 atom stereocenters. The molecule has 0 aliphatic rings. The summed E-state index contributed by atoms with van der Waals surface area (Å²) in [4.78, 5) is -0.299. The van der Waals surface area contributed by atoms with Crippen LogP contribution in [-0.4, -0.2) is 13.0 Å². The Labute approximate surface area is 121 Å². The van der Waals surface area contributed by atoms with Crippen molar-refractivity contribution in [2.75, 3.05) is 5.32 Å². The molecule has 2 N–H and O–H groups in total. The zero-order chi connectivity index (χ0) is 15.5. The molecule has 0 fully saturated rings. The summed E-state index contributed by atoms with van der Waals surface area (Å²) in [5.74, 6) is 0. The molecule has 0 aliphatic carbocycles. The fourth-order valence-electron chi connectivity index (χ4n) is 1.87. The number of benzene rings is 2. The summed E-state index contributed by atoms with van der Waals surface area (Å²) in [6.07, 6.45) is 1.08. The molecular weight excluding hydrogens is 290 g/mol. The van der Waals surface area contributed by atoms with Crippen LogP contribution in [0.4, 0.5) is 5.69 Å². The van der Waals surface area contributed by atoms with E-state index in [0.717, 1.165) is 6.20 Å². The molecule has 6 nitrogen and oxygen atoms in total. The van der Waals surface area contributed by atoms with Gasteiger partial charge < -0.3 is 5.32 Å². The van der Waals surface area contributed by atoms with E-state index in [9.17, 15) is 13.0 Å². The number of nitrogens with zero attached hydrogens (tertiary/aromatic N) is 2. The van der Waals surface area contributed by atoms with Crippen molar-refractivity contribution in [2.24, 2.45) is 0 Å². The quantitative estimate of drug-likeness (QED) is 0.664. The summed E-state index contributed by atoms with van der Waals surface area (Å²) in [7, 11) is -4.48. The van der Waals surface area contributed by atoms with Crippen LogP contribution >= 0.6 is 0 Å². The first-order chi connectivity index (χ1) is 9.97. The van der Waals surface area contributed by atoms with Crippen molar-refractivity contribution in [2.45, 2.75) is 4.90 Å². The third-order valence-electron chi connectivity index (χ3n) is 2.75. The van der Waals surface area contributed by atoms with Gasteiger partial charge in [-0.1, -0.05) is 30.3 Å². The third kappa shape index (κ3) is 3.00. The molecule has 0 radical (unpaired) electrons. The second kappa shape index (κ2) is 5.63. The molecule has 0 spiro atoms. The molecule has 21 heavy (non-hydrogen) atoms. The average molecular weight is 299 g/mol. The second-order valence-electron chi connectivity index (χ2n) is 4.06. The van der Waals surface area contributed by atoms with E-state index < -0.39 is 10.1 Å². The van der Waals surface area contributed by atoms with Crippen molar-refractivity contribution in [3.05, 3.63) is 48.2 Å². The van der Waals surface area contributed by atoms with Crippen LogP contribution in [0.15, 0.2) is 53.1 Å². The topological polar surface area (TPSA) is 114 Å². The van der Waals surface area contributed by atoms with Gasteiger partial charge in [-0.3, -0.25) is 4.55 Å². The minimum absolute atomic E-state index is 0.0826. The van der Waals surface area contributed by atoms with Crippen LogP contribution in [0.5, 0.6) is 0 Å². The van der Waals surface area contributed by atoms with E-state index in [1.165, 1.54) is 6.07 Å². The SMILES string of the molecule is N#CC(C#N)=CNc1ccc2ccccc2c1S(=O)(=O)O. The number of rotatable bonds is 3. The largest absolute Gasteiger partial charge is 0.359 e. The number of anilines is 1. The first kappa shape index (κ1) is 14.5. The molecule has 0 aliphatic heterocycles. The van der Waals surface area contributed by atoms with Crippen LogP contribution in [-0.2, 0) is 10.1 Å². The average Bonchev–Trinajstić information content (AvgIpc) is 2.46. The molecule has 0 amide bonds. The lowest BCUT2D eigenvalue weighted by Crippen LogP contribution is -2.04. The molecule has 0 saturated carbocycles. The standard InChI is InChI=1S/C14H9N3O3S/c15-7-10(8-16)9-17-13-6-5-11-3-1-2-4-12(11)14(13)21(18,19)20/h1-6,9,17H,(H,18,19,20). The lowest BCUT2D eigenvalue weighted by atomic mass is 10.1. The molecule has 0 heterocycles. The summed E-state index contributed by atoms with van der Waals surface area (Å²) >= 11 is 0. The Morgan fingerprint density at radius 3 is 2.43 bits per heavy atom. The summed E-state index contributed by atoms with van der Waals surface area (Å²) in [6.45, 7) is 0. The molecule has 0 aromatic heterocycles. The van der Waals surface area contributed by atoms with Gasteiger partial charge in [-0.2, -0.15) is 18.9 Å². The fraction of sp³-hybridized carbons (Fsp3) is 0. The number of hydrogen-bond donors (Lipinski definition) is 2. The molecule has 0 bridgehead atoms. The number of nitrogens with one attached hydrogen (secondary N) is 1. The van der Waals surface area contributed by atoms with Crippen molar-refractivity contribution in [1.82, 2.24) is 0 Å². The predicted molar refractivity (Wildman–Crippen MR) is 76.7 cm³/mol. The Balaban J connectivity index is 2.68. The number of nitriles is 2. The highest BCUT2D eigenvalue weighted by atomic mass is 32.2. The number of fused-ring (bicyclic) bond motifs is 1. The van der Waals surface area contributed by atoms with Gasteiger partial charge in [0.25, 0.3) is 10.1 Å². The smallest absolute Gasteiger partial charge is 0.297 e. The van der Waals surface area contributed by atoms with E-state index in [1.807, 2.05) is 0 Å². The Kier molecular flexibility index (Phi) is 3.90. The van der Waals surface area contributed by atoms with Crippen molar-refractivity contribution in [3.63, 3.8) is 0 Å². The number of hydrogen-bond acceptors (Lipinski definition) is 5. The van der Waals surface area contributed by atoms with Gasteiger partial charge in [0.05, 0.1) is 5.69 Å². The zero-order valence-corrected chi connectivity index (χ0v) is 11.4. The highest BCUT2D eigenvalue weighted by Gasteiger charge is 2.18. The van der Waals surface area contributed by atoms with Gasteiger partial charge in [0.1, 0.15) is 22.6 Å². The highest BCUT2D eigenvalue weighted by Crippen LogP contribution is 2.30. The van der Waals surface area contributed by atoms with E-state index in [4.69, 9.17) is 10.5 Å². The maximum absolute atomic E-state index is 11.6. The van der Waals surface area contributed by atoms with Gasteiger partial charge in [-0.15, -0.1) is 0 Å². The normalized spacial score (nSPS) is 10.4. The maximum atomic E-state index is 11.6. The monoisotopic (exact) mass is 299 g/mol. The van der Waals surface area contributed by atoms with Crippen LogP contribution in [0.1, 0.15) is 0 Å². The van der Waals surface area contributed by atoms with Gasteiger partial charge in [0, 0.05) is 11.6 Å².